The summed E-state index contributed by atoms with van der Waals surface area (Å²) in [5.74, 6) is -0.539. The Balaban J connectivity index is 2.13. The van der Waals surface area contributed by atoms with E-state index in [1.165, 1.54) is 12.3 Å². The first kappa shape index (κ1) is 15.0. The van der Waals surface area contributed by atoms with Gasteiger partial charge in [-0.1, -0.05) is 0 Å². The highest BCUT2D eigenvalue weighted by Gasteiger charge is 2.30. The van der Waals surface area contributed by atoms with Crippen molar-refractivity contribution >= 4 is 16.0 Å². The number of hydrogen-bond acceptors (Lipinski definition) is 5. The number of sulfonamides is 1. The molecule has 8 heteroatoms. The predicted octanol–water partition coefficient (Wildman–Crippen LogP) is 0.664. The van der Waals surface area contributed by atoms with E-state index >= 15 is 0 Å². The smallest absolute Gasteiger partial charge is 0.354 e. The maximum atomic E-state index is 12.0. The third-order valence-corrected chi connectivity index (χ3v) is 3.91. The van der Waals surface area contributed by atoms with Crippen LogP contribution in [0.5, 0.6) is 0 Å². The van der Waals surface area contributed by atoms with Crippen LogP contribution in [-0.4, -0.2) is 39.3 Å². The van der Waals surface area contributed by atoms with Gasteiger partial charge in [-0.15, -0.1) is 0 Å². The molecular weight excluding hydrogens is 284 g/mol. The van der Waals surface area contributed by atoms with Crippen LogP contribution in [0.4, 0.5) is 0 Å². The maximum Gasteiger partial charge on any atom is 0.354 e. The number of esters is 1. The van der Waals surface area contributed by atoms with Gasteiger partial charge in [-0.05, 0) is 18.9 Å². The molecule has 2 N–H and O–H groups in total. The second-order valence-corrected chi connectivity index (χ2v) is 6.29. The summed E-state index contributed by atoms with van der Waals surface area (Å²) >= 11 is 0. The Labute approximate surface area is 117 Å². The zero-order chi connectivity index (χ0) is 14.8. The fourth-order valence-electron chi connectivity index (χ4n) is 1.87. The van der Waals surface area contributed by atoms with Crippen molar-refractivity contribution in [1.29, 1.82) is 0 Å². The standard InChI is InChI=1S/C12H18N2O5S/c1-18-5-2-6-19-12(15)11-7-10(20(13,16)17)8-14(11)9-3-4-9/h7-9H,2-6H2,1H3,(H2,13,16,17). The molecule has 0 spiro atoms. The van der Waals surface area contributed by atoms with Gasteiger partial charge in [0.25, 0.3) is 0 Å². The van der Waals surface area contributed by atoms with Gasteiger partial charge < -0.3 is 14.0 Å². The van der Waals surface area contributed by atoms with Crippen molar-refractivity contribution in [3.8, 4) is 0 Å². The number of aromatic nitrogens is 1. The molecule has 0 unspecified atom stereocenters. The summed E-state index contributed by atoms with van der Waals surface area (Å²) in [5, 5.41) is 5.09. The fourth-order valence-corrected chi connectivity index (χ4v) is 2.41. The molecule has 1 aromatic rings. The lowest BCUT2D eigenvalue weighted by atomic mass is 10.4. The first-order valence-corrected chi connectivity index (χ1v) is 7.89. The number of rotatable bonds is 7. The lowest BCUT2D eigenvalue weighted by Gasteiger charge is -2.07. The van der Waals surface area contributed by atoms with Crippen LogP contribution >= 0.6 is 0 Å². The number of carbonyl (C=O) groups excluding carboxylic acids is 1. The molecule has 1 saturated carbocycles. The van der Waals surface area contributed by atoms with Crippen molar-refractivity contribution in [3.05, 3.63) is 18.0 Å². The number of primary sulfonamides is 1. The number of nitrogens with zero attached hydrogens (tertiary/aromatic N) is 1. The largest absolute Gasteiger partial charge is 0.461 e. The summed E-state index contributed by atoms with van der Waals surface area (Å²) in [6, 6.07) is 1.43. The second kappa shape index (κ2) is 5.94. The third kappa shape index (κ3) is 3.59. The van der Waals surface area contributed by atoms with Gasteiger partial charge in [-0.3, -0.25) is 0 Å². The zero-order valence-electron chi connectivity index (χ0n) is 11.2. The molecular formula is C12H18N2O5S. The molecule has 112 valence electrons. The number of hydrogen-bond donors (Lipinski definition) is 1. The number of nitrogens with two attached hydrogens (primary N) is 1. The maximum absolute atomic E-state index is 12.0. The first-order chi connectivity index (χ1) is 9.43. The highest BCUT2D eigenvalue weighted by atomic mass is 32.2. The minimum atomic E-state index is -3.82. The van der Waals surface area contributed by atoms with Crippen molar-refractivity contribution in [2.45, 2.75) is 30.2 Å². The van der Waals surface area contributed by atoms with E-state index in [4.69, 9.17) is 14.6 Å². The molecule has 1 aliphatic carbocycles. The molecule has 0 radical (unpaired) electrons. The molecule has 0 aromatic carbocycles. The summed E-state index contributed by atoms with van der Waals surface area (Å²) in [7, 11) is -2.25. The van der Waals surface area contributed by atoms with Crippen LogP contribution in [0.1, 0.15) is 35.8 Å². The van der Waals surface area contributed by atoms with Crippen molar-refractivity contribution in [3.63, 3.8) is 0 Å². The van der Waals surface area contributed by atoms with Crippen molar-refractivity contribution < 1.29 is 22.7 Å². The zero-order valence-corrected chi connectivity index (χ0v) is 12.1. The summed E-state index contributed by atoms with van der Waals surface area (Å²) in [6.45, 7) is 0.729. The Morgan fingerprint density at radius 3 is 2.70 bits per heavy atom. The van der Waals surface area contributed by atoms with Crippen molar-refractivity contribution in [2.75, 3.05) is 20.3 Å². The Hall–Kier alpha value is -1.38. The van der Waals surface area contributed by atoms with Gasteiger partial charge in [0.1, 0.15) is 10.6 Å². The van der Waals surface area contributed by atoms with Gasteiger partial charge in [0.15, 0.2) is 0 Å². The Morgan fingerprint density at radius 2 is 2.15 bits per heavy atom. The Morgan fingerprint density at radius 1 is 1.45 bits per heavy atom. The van der Waals surface area contributed by atoms with Gasteiger partial charge in [0.2, 0.25) is 10.0 Å². The molecule has 1 fully saturated rings. The van der Waals surface area contributed by atoms with Gasteiger partial charge in [-0.2, -0.15) is 0 Å². The van der Waals surface area contributed by atoms with E-state index in [1.54, 1.807) is 11.7 Å². The average Bonchev–Trinajstić information content (AvgIpc) is 3.11. The lowest BCUT2D eigenvalue weighted by Crippen LogP contribution is -2.12. The van der Waals surface area contributed by atoms with E-state index in [-0.39, 0.29) is 23.2 Å². The lowest BCUT2D eigenvalue weighted by molar-refractivity contribution is 0.0456. The molecule has 0 aliphatic heterocycles. The van der Waals surface area contributed by atoms with E-state index in [9.17, 15) is 13.2 Å². The van der Waals surface area contributed by atoms with Crippen LogP contribution in [0, 0.1) is 0 Å². The van der Waals surface area contributed by atoms with E-state index < -0.39 is 16.0 Å². The summed E-state index contributed by atoms with van der Waals surface area (Å²) in [4.78, 5) is 11.9. The van der Waals surface area contributed by atoms with Crippen LogP contribution in [0.15, 0.2) is 17.2 Å². The van der Waals surface area contributed by atoms with Crippen LogP contribution in [0.25, 0.3) is 0 Å². The van der Waals surface area contributed by atoms with Gasteiger partial charge in [0.05, 0.1) is 6.61 Å². The van der Waals surface area contributed by atoms with Crippen molar-refractivity contribution in [1.82, 2.24) is 4.57 Å². The minimum absolute atomic E-state index is 0.0618. The SMILES string of the molecule is COCCCOC(=O)c1cc(S(N)(=O)=O)cn1C1CC1. The number of methoxy groups -OCH3 is 1. The van der Waals surface area contributed by atoms with E-state index in [2.05, 4.69) is 0 Å². The Bertz CT molecular complexity index is 589. The highest BCUT2D eigenvalue weighted by Crippen LogP contribution is 2.37. The molecule has 2 rings (SSSR count). The molecule has 1 aliphatic rings. The molecule has 0 saturated heterocycles. The van der Waals surface area contributed by atoms with Crippen LogP contribution in [0.3, 0.4) is 0 Å². The van der Waals surface area contributed by atoms with Crippen molar-refractivity contribution in [2.24, 2.45) is 5.14 Å². The molecule has 1 aromatic heterocycles. The predicted molar refractivity (Wildman–Crippen MR) is 70.9 cm³/mol. The van der Waals surface area contributed by atoms with Crippen LogP contribution < -0.4 is 5.14 Å². The Kier molecular flexibility index (Phi) is 4.46. The summed E-state index contributed by atoms with van der Waals surface area (Å²) in [6.07, 6.45) is 3.83. The van der Waals surface area contributed by atoms with Crippen LogP contribution in [0.2, 0.25) is 0 Å². The quantitative estimate of drug-likeness (QED) is 0.589. The summed E-state index contributed by atoms with van der Waals surface area (Å²) < 4.78 is 34.3. The fraction of sp³-hybridized carbons (Fsp3) is 0.583. The second-order valence-electron chi connectivity index (χ2n) is 4.73. The van der Waals surface area contributed by atoms with E-state index in [0.29, 0.717) is 13.0 Å². The minimum Gasteiger partial charge on any atom is -0.461 e. The molecule has 20 heavy (non-hydrogen) atoms. The third-order valence-electron chi connectivity index (χ3n) is 3.03. The van der Waals surface area contributed by atoms with Gasteiger partial charge in [0, 0.05) is 32.4 Å². The molecule has 0 bridgehead atoms. The first-order valence-electron chi connectivity index (χ1n) is 6.34. The van der Waals surface area contributed by atoms with Gasteiger partial charge >= 0.3 is 5.97 Å². The molecule has 1 heterocycles. The average molecular weight is 302 g/mol. The van der Waals surface area contributed by atoms with Gasteiger partial charge in [-0.25, -0.2) is 18.4 Å². The van der Waals surface area contributed by atoms with Crippen LogP contribution in [-0.2, 0) is 19.5 Å². The normalized spacial score (nSPS) is 15.3. The highest BCUT2D eigenvalue weighted by molar-refractivity contribution is 7.89. The molecule has 0 amide bonds. The van der Waals surface area contributed by atoms with E-state index in [1.807, 2.05) is 0 Å². The monoisotopic (exact) mass is 302 g/mol. The number of ether oxygens (including phenoxy) is 2. The number of carbonyl (C=O) groups is 1. The molecule has 7 nitrogen and oxygen atoms in total. The molecule has 0 atom stereocenters. The van der Waals surface area contributed by atoms with E-state index in [0.717, 1.165) is 12.8 Å². The summed E-state index contributed by atoms with van der Waals surface area (Å²) in [5.41, 5.74) is 0.231. The topological polar surface area (TPSA) is 101 Å².